The van der Waals surface area contributed by atoms with Crippen molar-refractivity contribution in [3.8, 4) is 0 Å². The molecule has 1 heterocycles. The van der Waals surface area contributed by atoms with Crippen LogP contribution in [-0.2, 0) is 18.2 Å². The molecule has 1 unspecified atom stereocenters. The average Bonchev–Trinajstić information content (AvgIpc) is 2.70. The SMILES string of the molecule is Cn1nnc(CC(C)(CO)CNC(=O)OC(C)(C)C)n1. The first kappa shape index (κ1) is 16.4. The van der Waals surface area contributed by atoms with Gasteiger partial charge in [0.25, 0.3) is 0 Å². The van der Waals surface area contributed by atoms with Crippen molar-refractivity contribution >= 4 is 6.09 Å². The molecule has 0 saturated carbocycles. The Labute approximate surface area is 118 Å². The molecule has 0 spiro atoms. The highest BCUT2D eigenvalue weighted by Crippen LogP contribution is 2.19. The Hall–Kier alpha value is -1.70. The van der Waals surface area contributed by atoms with E-state index < -0.39 is 17.1 Å². The molecule has 0 aliphatic carbocycles. The zero-order valence-corrected chi connectivity index (χ0v) is 12.7. The highest BCUT2D eigenvalue weighted by atomic mass is 16.6. The number of hydrogen-bond acceptors (Lipinski definition) is 6. The molecule has 1 amide bonds. The number of ether oxygens (including phenoxy) is 1. The summed E-state index contributed by atoms with van der Waals surface area (Å²) in [4.78, 5) is 13.0. The molecule has 0 bridgehead atoms. The Morgan fingerprint density at radius 2 is 2.05 bits per heavy atom. The summed E-state index contributed by atoms with van der Waals surface area (Å²) >= 11 is 0. The van der Waals surface area contributed by atoms with Crippen molar-refractivity contribution in [2.75, 3.05) is 13.2 Å². The van der Waals surface area contributed by atoms with Crippen molar-refractivity contribution in [1.82, 2.24) is 25.5 Å². The van der Waals surface area contributed by atoms with Crippen LogP contribution in [0.25, 0.3) is 0 Å². The van der Waals surface area contributed by atoms with E-state index in [9.17, 15) is 9.90 Å². The van der Waals surface area contributed by atoms with Crippen LogP contribution in [0, 0.1) is 5.41 Å². The summed E-state index contributed by atoms with van der Waals surface area (Å²) in [7, 11) is 1.67. The molecule has 8 nitrogen and oxygen atoms in total. The first-order valence-corrected chi connectivity index (χ1v) is 6.44. The van der Waals surface area contributed by atoms with Gasteiger partial charge in [0.15, 0.2) is 5.82 Å². The molecule has 1 rings (SSSR count). The van der Waals surface area contributed by atoms with Gasteiger partial charge in [0, 0.05) is 18.4 Å². The topological polar surface area (TPSA) is 102 Å². The van der Waals surface area contributed by atoms with E-state index in [0.29, 0.717) is 12.2 Å². The second-order valence-corrected chi connectivity index (χ2v) is 6.20. The van der Waals surface area contributed by atoms with Crippen LogP contribution in [0.2, 0.25) is 0 Å². The molecule has 0 fully saturated rings. The number of nitrogens with one attached hydrogen (secondary N) is 1. The lowest BCUT2D eigenvalue weighted by molar-refractivity contribution is 0.0477. The number of aryl methyl sites for hydroxylation is 1. The van der Waals surface area contributed by atoms with Gasteiger partial charge in [0.05, 0.1) is 13.7 Å². The van der Waals surface area contributed by atoms with Crippen molar-refractivity contribution in [3.05, 3.63) is 5.82 Å². The number of tetrazole rings is 1. The molecule has 2 N–H and O–H groups in total. The van der Waals surface area contributed by atoms with E-state index >= 15 is 0 Å². The number of aliphatic hydroxyl groups excluding tert-OH is 1. The number of alkyl carbamates (subject to hydrolysis) is 1. The Kier molecular flexibility index (Phi) is 5.04. The van der Waals surface area contributed by atoms with Crippen LogP contribution in [0.3, 0.4) is 0 Å². The first-order valence-electron chi connectivity index (χ1n) is 6.44. The molecule has 0 aliphatic heterocycles. The van der Waals surface area contributed by atoms with E-state index in [1.165, 1.54) is 4.80 Å². The Bertz CT molecular complexity index is 454. The van der Waals surface area contributed by atoms with E-state index in [1.54, 1.807) is 27.8 Å². The zero-order chi connectivity index (χ0) is 15.4. The summed E-state index contributed by atoms with van der Waals surface area (Å²) in [6.45, 7) is 7.36. The van der Waals surface area contributed by atoms with E-state index in [1.807, 2.05) is 6.92 Å². The van der Waals surface area contributed by atoms with Crippen LogP contribution >= 0.6 is 0 Å². The molecule has 0 aromatic carbocycles. The fourth-order valence-corrected chi connectivity index (χ4v) is 1.55. The third-order valence-corrected chi connectivity index (χ3v) is 2.57. The third kappa shape index (κ3) is 5.52. The normalized spacial score (nSPS) is 14.7. The molecule has 0 aliphatic rings. The van der Waals surface area contributed by atoms with Crippen LogP contribution < -0.4 is 5.32 Å². The number of carbonyl (C=O) groups is 1. The van der Waals surface area contributed by atoms with Gasteiger partial charge in [-0.25, -0.2) is 4.79 Å². The summed E-state index contributed by atoms with van der Waals surface area (Å²) in [6, 6.07) is 0. The zero-order valence-electron chi connectivity index (χ0n) is 12.7. The van der Waals surface area contributed by atoms with E-state index in [-0.39, 0.29) is 13.2 Å². The van der Waals surface area contributed by atoms with E-state index in [4.69, 9.17) is 4.74 Å². The summed E-state index contributed by atoms with van der Waals surface area (Å²) in [6.07, 6.45) is -0.100. The first-order chi connectivity index (χ1) is 9.13. The van der Waals surface area contributed by atoms with Crippen molar-refractivity contribution in [2.24, 2.45) is 12.5 Å². The molecule has 1 aromatic heterocycles. The second-order valence-electron chi connectivity index (χ2n) is 6.20. The smallest absolute Gasteiger partial charge is 0.407 e. The summed E-state index contributed by atoms with van der Waals surface area (Å²) < 4.78 is 5.15. The standard InChI is InChI=1S/C12H23N5O3/c1-11(2,3)20-10(19)13-7-12(4,8-18)6-9-14-16-17(5)15-9/h18H,6-8H2,1-5H3,(H,13,19). The van der Waals surface area contributed by atoms with Crippen LogP contribution in [0.1, 0.15) is 33.5 Å². The van der Waals surface area contributed by atoms with Crippen molar-refractivity contribution in [3.63, 3.8) is 0 Å². The maximum atomic E-state index is 11.6. The Morgan fingerprint density at radius 1 is 1.40 bits per heavy atom. The molecular formula is C12H23N5O3. The fraction of sp³-hybridized carbons (Fsp3) is 0.833. The van der Waals surface area contributed by atoms with Crippen molar-refractivity contribution in [1.29, 1.82) is 0 Å². The lowest BCUT2D eigenvalue weighted by atomic mass is 9.87. The monoisotopic (exact) mass is 285 g/mol. The van der Waals surface area contributed by atoms with Crippen LogP contribution in [0.15, 0.2) is 0 Å². The maximum Gasteiger partial charge on any atom is 0.407 e. The van der Waals surface area contributed by atoms with Gasteiger partial charge in [0.1, 0.15) is 5.60 Å². The lowest BCUT2D eigenvalue weighted by Crippen LogP contribution is -2.42. The van der Waals surface area contributed by atoms with Gasteiger partial charge >= 0.3 is 6.09 Å². The van der Waals surface area contributed by atoms with Gasteiger partial charge in [-0.15, -0.1) is 10.2 Å². The molecular weight excluding hydrogens is 262 g/mol. The van der Waals surface area contributed by atoms with Crippen LogP contribution in [0.5, 0.6) is 0 Å². The van der Waals surface area contributed by atoms with Gasteiger partial charge in [-0.3, -0.25) is 0 Å². The fourth-order valence-electron chi connectivity index (χ4n) is 1.55. The van der Waals surface area contributed by atoms with Crippen molar-refractivity contribution < 1.29 is 14.6 Å². The highest BCUT2D eigenvalue weighted by Gasteiger charge is 2.28. The maximum absolute atomic E-state index is 11.6. The predicted octanol–water partition coefficient (Wildman–Crippen LogP) is 0.276. The number of nitrogens with zero attached hydrogens (tertiary/aromatic N) is 4. The van der Waals surface area contributed by atoms with E-state index in [2.05, 4.69) is 20.7 Å². The van der Waals surface area contributed by atoms with E-state index in [0.717, 1.165) is 0 Å². The Morgan fingerprint density at radius 3 is 2.50 bits per heavy atom. The van der Waals surface area contributed by atoms with Gasteiger partial charge < -0.3 is 15.2 Å². The van der Waals surface area contributed by atoms with Crippen LogP contribution in [-0.4, -0.2) is 50.2 Å². The van der Waals surface area contributed by atoms with Gasteiger partial charge in [0.2, 0.25) is 0 Å². The minimum atomic E-state index is -0.570. The average molecular weight is 285 g/mol. The van der Waals surface area contributed by atoms with Crippen LogP contribution in [0.4, 0.5) is 4.79 Å². The highest BCUT2D eigenvalue weighted by molar-refractivity contribution is 5.67. The molecule has 114 valence electrons. The predicted molar refractivity (Wildman–Crippen MR) is 71.9 cm³/mol. The molecule has 1 aromatic rings. The summed E-state index contributed by atoms with van der Waals surface area (Å²) in [5.41, 5.74) is -1.12. The molecule has 1 atom stereocenters. The number of aromatic nitrogens is 4. The Balaban J connectivity index is 2.55. The number of hydrogen-bond donors (Lipinski definition) is 2. The number of rotatable bonds is 5. The van der Waals surface area contributed by atoms with Crippen molar-refractivity contribution in [2.45, 2.75) is 39.7 Å². The lowest BCUT2D eigenvalue weighted by Gasteiger charge is -2.27. The number of carbonyl (C=O) groups excluding carboxylic acids is 1. The van der Waals surface area contributed by atoms with Gasteiger partial charge in [-0.2, -0.15) is 4.80 Å². The number of amides is 1. The third-order valence-electron chi connectivity index (χ3n) is 2.57. The number of aliphatic hydroxyl groups is 1. The minimum absolute atomic E-state index is 0.110. The van der Waals surface area contributed by atoms with Gasteiger partial charge in [-0.05, 0) is 26.0 Å². The summed E-state index contributed by atoms with van der Waals surface area (Å²) in [5, 5.41) is 23.9. The second kappa shape index (κ2) is 6.17. The molecule has 0 saturated heterocycles. The largest absolute Gasteiger partial charge is 0.444 e. The molecule has 8 heteroatoms. The summed E-state index contributed by atoms with van der Waals surface area (Å²) in [5.74, 6) is 0.523. The quantitative estimate of drug-likeness (QED) is 0.805. The molecule has 20 heavy (non-hydrogen) atoms. The molecule has 0 radical (unpaired) electrons. The minimum Gasteiger partial charge on any atom is -0.444 e. The van der Waals surface area contributed by atoms with Gasteiger partial charge in [-0.1, -0.05) is 6.92 Å².